The van der Waals surface area contributed by atoms with Crippen molar-refractivity contribution in [3.63, 3.8) is 0 Å². The second-order valence-corrected chi connectivity index (χ2v) is 0.885. The lowest BCUT2D eigenvalue weighted by atomic mass is 10.7. The van der Waals surface area contributed by atoms with E-state index < -0.39 is 0 Å². The van der Waals surface area contributed by atoms with Crippen molar-refractivity contribution in [2.45, 2.75) is 0 Å². The summed E-state index contributed by atoms with van der Waals surface area (Å²) in [6, 6.07) is 3.89. The first-order valence-electron chi connectivity index (χ1n) is 1.58. The molecule has 3 heteroatoms. The number of H-pyrrole nitrogens is 1. The predicted molar refractivity (Wildman–Crippen MR) is 34.4 cm³/mol. The van der Waals surface area contributed by atoms with Gasteiger partial charge in [0.25, 0.3) is 0 Å². The molecule has 0 radical (unpaired) electrons. The summed E-state index contributed by atoms with van der Waals surface area (Å²) in [6.45, 7) is 0. The van der Waals surface area contributed by atoms with Crippen molar-refractivity contribution in [2.75, 3.05) is 0 Å². The molecule has 0 saturated carbocycles. The van der Waals surface area contributed by atoms with Crippen LogP contribution in [-0.2, 0) is 0 Å². The zero-order valence-corrected chi connectivity index (χ0v) is 5.34. The Balaban J connectivity index is 0. The molecule has 0 aliphatic heterocycles. The highest BCUT2D eigenvalue weighted by atomic mass is 31.0. The summed E-state index contributed by atoms with van der Waals surface area (Å²) >= 11 is 0. The van der Waals surface area contributed by atoms with Gasteiger partial charge in [-0.2, -0.15) is 9.90 Å². The van der Waals surface area contributed by atoms with Gasteiger partial charge in [0.2, 0.25) is 0 Å². The average Bonchev–Trinajstić information content (AvgIpc) is 1.76. The average molecular weight is 121 g/mol. The fraction of sp³-hybridized carbons (Fsp3) is 0. The summed E-state index contributed by atoms with van der Waals surface area (Å²) in [5, 5.41) is 0. The van der Waals surface area contributed by atoms with E-state index in [0.717, 1.165) is 0 Å². The molecule has 1 nitrogen and oxygen atoms in total. The molecule has 1 aromatic heterocycles. The topological polar surface area (TPSA) is 15.8 Å². The van der Waals surface area contributed by atoms with Crippen LogP contribution in [0, 0.1) is 0 Å². The normalized spacial score (nSPS) is 5.71. The van der Waals surface area contributed by atoms with E-state index in [1.54, 1.807) is 0 Å². The predicted octanol–water partition coefficient (Wildman–Crippen LogP) is 1.23. The molecule has 7 heavy (non-hydrogen) atoms. The van der Waals surface area contributed by atoms with Gasteiger partial charge in [0.05, 0.1) is 0 Å². The first-order valence-corrected chi connectivity index (χ1v) is 1.58. The fourth-order valence-corrected chi connectivity index (χ4v) is 0.278. The Kier molecular flexibility index (Phi) is 7.90. The standard InChI is InChI=1S/C4H5N.FH.H3P/c1-2-4-5-3-1;;/h1-5H;1H;1H3. The van der Waals surface area contributed by atoms with E-state index in [-0.39, 0.29) is 14.6 Å². The lowest BCUT2D eigenvalue weighted by molar-refractivity contribution is 1.11. The molecule has 1 N–H and O–H groups in total. The quantitative estimate of drug-likeness (QED) is 0.497. The van der Waals surface area contributed by atoms with Crippen LogP contribution in [0.2, 0.25) is 0 Å². The molecule has 1 unspecified atom stereocenters. The van der Waals surface area contributed by atoms with Crippen LogP contribution in [0.1, 0.15) is 0 Å². The largest absolute Gasteiger partial charge is 0.368 e. The van der Waals surface area contributed by atoms with Crippen molar-refractivity contribution in [1.29, 1.82) is 0 Å². The lowest BCUT2D eigenvalue weighted by Crippen LogP contribution is -1.38. The van der Waals surface area contributed by atoms with Crippen LogP contribution in [-0.4, -0.2) is 4.98 Å². The van der Waals surface area contributed by atoms with Crippen molar-refractivity contribution < 1.29 is 4.70 Å². The maximum atomic E-state index is 2.86. The molecule has 1 rings (SSSR count). The number of aromatic amines is 1. The number of rotatable bonds is 0. The summed E-state index contributed by atoms with van der Waals surface area (Å²) in [5.41, 5.74) is 0. The molecule has 0 aliphatic carbocycles. The molecular weight excluding hydrogens is 112 g/mol. The van der Waals surface area contributed by atoms with Crippen LogP contribution >= 0.6 is 9.90 Å². The van der Waals surface area contributed by atoms with Crippen LogP contribution < -0.4 is 0 Å². The first kappa shape index (κ1) is 9.81. The van der Waals surface area contributed by atoms with Crippen LogP contribution in [0.25, 0.3) is 0 Å². The number of hydrogen-bond donors (Lipinski definition) is 1. The van der Waals surface area contributed by atoms with E-state index in [2.05, 4.69) is 4.98 Å². The van der Waals surface area contributed by atoms with Gasteiger partial charge in [-0.3, -0.25) is 4.70 Å². The molecule has 42 valence electrons. The minimum Gasteiger partial charge on any atom is -0.368 e. The molecule has 0 spiro atoms. The van der Waals surface area contributed by atoms with Gasteiger partial charge in [-0.25, -0.2) is 0 Å². The SMILES string of the molecule is F.P.c1cc[nH]c1. The Hall–Kier alpha value is -0.360. The van der Waals surface area contributed by atoms with Crippen LogP contribution in [0.15, 0.2) is 24.5 Å². The highest BCUT2D eigenvalue weighted by molar-refractivity contribution is 6.92. The molecule has 0 bridgehead atoms. The monoisotopic (exact) mass is 121 g/mol. The smallest absolute Gasteiger partial charge is 0.000496 e. The lowest BCUT2D eigenvalue weighted by Gasteiger charge is -1.49. The molecule has 0 fully saturated rings. The second kappa shape index (κ2) is 5.64. The van der Waals surface area contributed by atoms with E-state index in [1.807, 2.05) is 24.5 Å². The number of halogens is 1. The molecule has 0 saturated heterocycles. The van der Waals surface area contributed by atoms with Gasteiger partial charge in [0, 0.05) is 12.4 Å². The highest BCUT2D eigenvalue weighted by Crippen LogP contribution is 1.72. The molecule has 1 aromatic rings. The number of nitrogens with one attached hydrogen (secondary N) is 1. The minimum atomic E-state index is 0. The van der Waals surface area contributed by atoms with E-state index in [0.29, 0.717) is 0 Å². The number of aromatic nitrogens is 1. The maximum absolute atomic E-state index is 2.86. The fourth-order valence-electron chi connectivity index (χ4n) is 0.278. The third-order valence-corrected chi connectivity index (χ3v) is 0.496. The highest BCUT2D eigenvalue weighted by Gasteiger charge is 1.55. The van der Waals surface area contributed by atoms with Crippen molar-refractivity contribution in [3.05, 3.63) is 24.5 Å². The van der Waals surface area contributed by atoms with Crippen molar-refractivity contribution in [3.8, 4) is 0 Å². The van der Waals surface area contributed by atoms with Crippen molar-refractivity contribution in [2.24, 2.45) is 0 Å². The zero-order valence-electron chi connectivity index (χ0n) is 3.92. The first-order chi connectivity index (χ1) is 2.50. The number of hydrogen-bond acceptors (Lipinski definition) is 0. The van der Waals surface area contributed by atoms with Gasteiger partial charge in [0.1, 0.15) is 0 Å². The van der Waals surface area contributed by atoms with Gasteiger partial charge in [-0.05, 0) is 12.1 Å². The zero-order chi connectivity index (χ0) is 3.54. The summed E-state index contributed by atoms with van der Waals surface area (Å²) < 4.78 is 0. The Labute approximate surface area is 45.1 Å². The van der Waals surface area contributed by atoms with E-state index in [1.165, 1.54) is 0 Å². The van der Waals surface area contributed by atoms with Gasteiger partial charge in [-0.15, -0.1) is 0 Å². The Bertz CT molecular complexity index is 68.2. The van der Waals surface area contributed by atoms with E-state index in [4.69, 9.17) is 0 Å². The van der Waals surface area contributed by atoms with Crippen molar-refractivity contribution in [1.82, 2.24) is 4.98 Å². The van der Waals surface area contributed by atoms with Gasteiger partial charge in [0.15, 0.2) is 0 Å². The summed E-state index contributed by atoms with van der Waals surface area (Å²) in [4.78, 5) is 2.86. The molecule has 0 amide bonds. The molecule has 1 atom stereocenters. The third-order valence-electron chi connectivity index (χ3n) is 0.496. The summed E-state index contributed by atoms with van der Waals surface area (Å²) in [6.07, 6.45) is 3.75. The molecule has 1 heterocycles. The summed E-state index contributed by atoms with van der Waals surface area (Å²) in [7, 11) is 0. The molecular formula is C4H9FNP. The Morgan fingerprint density at radius 2 is 1.43 bits per heavy atom. The Morgan fingerprint density at radius 1 is 1.00 bits per heavy atom. The minimum absolute atomic E-state index is 0. The Morgan fingerprint density at radius 3 is 1.57 bits per heavy atom. The summed E-state index contributed by atoms with van der Waals surface area (Å²) in [5.74, 6) is 0. The van der Waals surface area contributed by atoms with Crippen LogP contribution in [0.4, 0.5) is 4.70 Å². The van der Waals surface area contributed by atoms with Crippen molar-refractivity contribution >= 4 is 9.90 Å². The van der Waals surface area contributed by atoms with E-state index in [9.17, 15) is 0 Å². The van der Waals surface area contributed by atoms with Crippen LogP contribution in [0.5, 0.6) is 0 Å². The third kappa shape index (κ3) is 3.47. The second-order valence-electron chi connectivity index (χ2n) is 0.885. The van der Waals surface area contributed by atoms with Gasteiger partial charge >= 0.3 is 0 Å². The van der Waals surface area contributed by atoms with E-state index >= 15 is 0 Å². The maximum Gasteiger partial charge on any atom is 0.000496 e. The molecule has 0 aromatic carbocycles. The van der Waals surface area contributed by atoms with Crippen LogP contribution in [0.3, 0.4) is 0 Å². The molecule has 0 aliphatic rings. The van der Waals surface area contributed by atoms with Gasteiger partial charge in [-0.1, -0.05) is 0 Å². The van der Waals surface area contributed by atoms with Gasteiger partial charge < -0.3 is 4.98 Å².